The fourth-order valence-electron chi connectivity index (χ4n) is 2.32. The zero-order chi connectivity index (χ0) is 14.6. The lowest BCUT2D eigenvalue weighted by Gasteiger charge is -2.09. The number of thioether (sulfide) groups is 1. The minimum absolute atomic E-state index is 0.00882. The van der Waals surface area contributed by atoms with Gasteiger partial charge in [-0.15, -0.1) is 0 Å². The third-order valence-corrected chi connectivity index (χ3v) is 6.80. The zero-order valence-electron chi connectivity index (χ0n) is 11.1. The van der Waals surface area contributed by atoms with Gasteiger partial charge in [-0.05, 0) is 31.0 Å². The van der Waals surface area contributed by atoms with Crippen LogP contribution >= 0.6 is 11.8 Å². The smallest absolute Gasteiger partial charge is 0.335 e. The number of benzene rings is 1. The Morgan fingerprint density at radius 2 is 2.00 bits per heavy atom. The molecule has 0 bridgehead atoms. The van der Waals surface area contributed by atoms with Gasteiger partial charge in [0.05, 0.1) is 16.2 Å². The van der Waals surface area contributed by atoms with Crippen LogP contribution in [-0.4, -0.2) is 36.2 Å². The Kier molecular flexibility index (Phi) is 5.10. The molecule has 6 heteroatoms. The third kappa shape index (κ3) is 3.99. The van der Waals surface area contributed by atoms with Gasteiger partial charge in [0.2, 0.25) is 0 Å². The first-order valence-electron chi connectivity index (χ1n) is 6.67. The van der Waals surface area contributed by atoms with E-state index in [1.54, 1.807) is 11.8 Å². The topological polar surface area (TPSA) is 71.4 Å². The lowest BCUT2D eigenvalue weighted by atomic mass is 10.2. The molecule has 1 aromatic carbocycles. The van der Waals surface area contributed by atoms with E-state index in [0.717, 1.165) is 0 Å². The fraction of sp³-hybridized carbons (Fsp3) is 0.500. The zero-order valence-corrected chi connectivity index (χ0v) is 12.8. The Hall–Kier alpha value is -1.01. The monoisotopic (exact) mass is 314 g/mol. The van der Waals surface area contributed by atoms with Gasteiger partial charge >= 0.3 is 5.97 Å². The SMILES string of the molecule is O=C(O)c1cccc(S(=O)(=O)CCSC2CCCC2)c1. The van der Waals surface area contributed by atoms with Crippen LogP contribution in [0.15, 0.2) is 29.2 Å². The molecular weight excluding hydrogens is 296 g/mol. The summed E-state index contributed by atoms with van der Waals surface area (Å²) >= 11 is 1.72. The molecule has 1 aliphatic carbocycles. The maximum atomic E-state index is 12.2. The van der Waals surface area contributed by atoms with E-state index in [4.69, 9.17) is 5.11 Å². The Labute approximate surface area is 123 Å². The van der Waals surface area contributed by atoms with Crippen LogP contribution in [0.3, 0.4) is 0 Å². The van der Waals surface area contributed by atoms with Crippen molar-refractivity contribution in [3.8, 4) is 0 Å². The predicted octanol–water partition coefficient (Wildman–Crippen LogP) is 2.83. The Morgan fingerprint density at radius 3 is 2.65 bits per heavy atom. The number of aromatic carboxylic acids is 1. The summed E-state index contributed by atoms with van der Waals surface area (Å²) in [5, 5.41) is 9.49. The summed E-state index contributed by atoms with van der Waals surface area (Å²) in [6.45, 7) is 0. The highest BCUT2D eigenvalue weighted by Crippen LogP contribution is 2.29. The molecule has 0 amide bonds. The second kappa shape index (κ2) is 6.63. The molecule has 0 aromatic heterocycles. The van der Waals surface area contributed by atoms with E-state index in [0.29, 0.717) is 11.0 Å². The molecule has 0 atom stereocenters. The number of carboxylic acids is 1. The summed E-state index contributed by atoms with van der Waals surface area (Å²) in [5.74, 6) is -0.468. The molecule has 0 saturated heterocycles. The number of sulfone groups is 1. The van der Waals surface area contributed by atoms with Crippen LogP contribution in [0.5, 0.6) is 0 Å². The molecule has 1 aliphatic rings. The molecule has 0 unspecified atom stereocenters. The number of hydrogen-bond acceptors (Lipinski definition) is 4. The normalized spacial score (nSPS) is 16.4. The molecule has 1 aromatic rings. The summed E-state index contributed by atoms with van der Waals surface area (Å²) in [5.41, 5.74) is 0.00882. The van der Waals surface area contributed by atoms with Gasteiger partial charge in [0, 0.05) is 11.0 Å². The lowest BCUT2D eigenvalue weighted by Crippen LogP contribution is -2.11. The van der Waals surface area contributed by atoms with Crippen LogP contribution < -0.4 is 0 Å². The minimum Gasteiger partial charge on any atom is -0.478 e. The molecule has 1 saturated carbocycles. The van der Waals surface area contributed by atoms with Gasteiger partial charge < -0.3 is 5.11 Å². The van der Waals surface area contributed by atoms with Crippen molar-refractivity contribution in [2.24, 2.45) is 0 Å². The molecule has 2 rings (SSSR count). The van der Waals surface area contributed by atoms with Crippen LogP contribution in [0.4, 0.5) is 0 Å². The molecule has 1 N–H and O–H groups in total. The van der Waals surface area contributed by atoms with Crippen molar-refractivity contribution in [1.29, 1.82) is 0 Å². The quantitative estimate of drug-likeness (QED) is 0.874. The van der Waals surface area contributed by atoms with Gasteiger partial charge in [-0.1, -0.05) is 18.9 Å². The molecule has 0 aliphatic heterocycles. The first kappa shape index (κ1) is 15.4. The van der Waals surface area contributed by atoms with Crippen LogP contribution in [0.1, 0.15) is 36.0 Å². The highest BCUT2D eigenvalue weighted by atomic mass is 32.2. The van der Waals surface area contributed by atoms with Gasteiger partial charge in [0.15, 0.2) is 9.84 Å². The Balaban J connectivity index is 1.98. The van der Waals surface area contributed by atoms with Gasteiger partial charge in [-0.25, -0.2) is 13.2 Å². The van der Waals surface area contributed by atoms with Crippen LogP contribution in [0.25, 0.3) is 0 Å². The number of carboxylic acid groups (broad SMARTS) is 1. The van der Waals surface area contributed by atoms with E-state index >= 15 is 0 Å². The average molecular weight is 314 g/mol. The van der Waals surface area contributed by atoms with Gasteiger partial charge in [-0.2, -0.15) is 11.8 Å². The lowest BCUT2D eigenvalue weighted by molar-refractivity contribution is 0.0696. The molecule has 4 nitrogen and oxygen atoms in total. The maximum absolute atomic E-state index is 12.2. The van der Waals surface area contributed by atoms with Crippen LogP contribution in [-0.2, 0) is 9.84 Å². The van der Waals surface area contributed by atoms with E-state index in [1.807, 2.05) is 0 Å². The van der Waals surface area contributed by atoms with Crippen molar-refractivity contribution in [2.75, 3.05) is 11.5 Å². The Bertz CT molecular complexity index is 575. The summed E-state index contributed by atoms with van der Waals surface area (Å²) in [6, 6.07) is 5.56. The first-order valence-corrected chi connectivity index (χ1v) is 9.37. The molecule has 20 heavy (non-hydrogen) atoms. The van der Waals surface area contributed by atoms with Gasteiger partial charge in [0.1, 0.15) is 0 Å². The summed E-state index contributed by atoms with van der Waals surface area (Å²) in [4.78, 5) is 11.0. The van der Waals surface area contributed by atoms with E-state index in [-0.39, 0.29) is 16.2 Å². The fourth-order valence-corrected chi connectivity index (χ4v) is 5.41. The van der Waals surface area contributed by atoms with Gasteiger partial charge in [-0.3, -0.25) is 0 Å². The number of rotatable bonds is 6. The summed E-state index contributed by atoms with van der Waals surface area (Å²) < 4.78 is 24.3. The van der Waals surface area contributed by atoms with Crippen molar-refractivity contribution in [2.45, 2.75) is 35.8 Å². The van der Waals surface area contributed by atoms with Crippen molar-refractivity contribution in [3.63, 3.8) is 0 Å². The van der Waals surface area contributed by atoms with Crippen LogP contribution in [0.2, 0.25) is 0 Å². The molecule has 1 fully saturated rings. The maximum Gasteiger partial charge on any atom is 0.335 e. The van der Waals surface area contributed by atoms with E-state index in [9.17, 15) is 13.2 Å². The number of hydrogen-bond donors (Lipinski definition) is 1. The summed E-state index contributed by atoms with van der Waals surface area (Å²) in [6.07, 6.45) is 4.84. The van der Waals surface area contributed by atoms with E-state index in [2.05, 4.69) is 0 Å². The van der Waals surface area contributed by atoms with Crippen molar-refractivity contribution in [1.82, 2.24) is 0 Å². The molecule has 0 radical (unpaired) electrons. The second-order valence-electron chi connectivity index (χ2n) is 4.93. The predicted molar refractivity (Wildman–Crippen MR) is 80.2 cm³/mol. The van der Waals surface area contributed by atoms with Crippen LogP contribution in [0, 0.1) is 0 Å². The van der Waals surface area contributed by atoms with Crippen molar-refractivity contribution < 1.29 is 18.3 Å². The average Bonchev–Trinajstić information content (AvgIpc) is 2.92. The van der Waals surface area contributed by atoms with E-state index in [1.165, 1.54) is 49.9 Å². The number of carbonyl (C=O) groups is 1. The first-order chi connectivity index (χ1) is 9.49. The van der Waals surface area contributed by atoms with Crippen molar-refractivity contribution in [3.05, 3.63) is 29.8 Å². The van der Waals surface area contributed by atoms with Crippen molar-refractivity contribution >= 4 is 27.6 Å². The highest BCUT2D eigenvalue weighted by molar-refractivity contribution is 8.01. The third-order valence-electron chi connectivity index (χ3n) is 3.45. The largest absolute Gasteiger partial charge is 0.478 e. The summed E-state index contributed by atoms with van der Waals surface area (Å²) in [7, 11) is -3.39. The molecule has 110 valence electrons. The molecule has 0 spiro atoms. The van der Waals surface area contributed by atoms with Gasteiger partial charge in [0.25, 0.3) is 0 Å². The highest BCUT2D eigenvalue weighted by Gasteiger charge is 2.19. The molecule has 0 heterocycles. The standard InChI is InChI=1S/C14H18O4S2/c15-14(16)11-4-3-7-13(10-11)20(17,18)9-8-19-12-5-1-2-6-12/h3-4,7,10,12H,1-2,5-6,8-9H2,(H,15,16). The second-order valence-corrected chi connectivity index (χ2v) is 8.45. The minimum atomic E-state index is -3.39. The molecular formula is C14H18O4S2. The van der Waals surface area contributed by atoms with E-state index < -0.39 is 15.8 Å². The Morgan fingerprint density at radius 1 is 1.30 bits per heavy atom.